The van der Waals surface area contributed by atoms with Crippen LogP contribution in [-0.4, -0.2) is 21.7 Å². The highest BCUT2D eigenvalue weighted by Gasteiger charge is 2.19. The Morgan fingerprint density at radius 1 is 0.929 bits per heavy atom. The molecule has 0 saturated heterocycles. The molecule has 0 bridgehead atoms. The standard InChI is InChI=1S/C23H17N3O2/c1-2-15-6-8-16(9-7-15)23-25-21(22(26-23)18-5-3-4-12-24-18)17-10-11-19-20(13-17)28-14-27-19/h2-13H,1,14H2,(H,25,26). The van der Waals surface area contributed by atoms with E-state index in [9.17, 15) is 0 Å². The van der Waals surface area contributed by atoms with Gasteiger partial charge < -0.3 is 14.5 Å². The molecule has 5 heteroatoms. The Kier molecular flexibility index (Phi) is 3.91. The van der Waals surface area contributed by atoms with E-state index in [1.54, 1.807) is 6.20 Å². The fourth-order valence-corrected chi connectivity index (χ4v) is 3.24. The van der Waals surface area contributed by atoms with Crippen molar-refractivity contribution in [3.63, 3.8) is 0 Å². The summed E-state index contributed by atoms with van der Waals surface area (Å²) in [7, 11) is 0. The lowest BCUT2D eigenvalue weighted by Gasteiger charge is -2.03. The van der Waals surface area contributed by atoms with Gasteiger partial charge in [0, 0.05) is 17.3 Å². The lowest BCUT2D eigenvalue weighted by molar-refractivity contribution is 0.174. The van der Waals surface area contributed by atoms with Crippen LogP contribution in [0.5, 0.6) is 11.5 Å². The van der Waals surface area contributed by atoms with Gasteiger partial charge in [0.25, 0.3) is 0 Å². The molecule has 1 aliphatic heterocycles. The molecule has 0 aliphatic carbocycles. The van der Waals surface area contributed by atoms with E-state index in [1.165, 1.54) is 0 Å². The number of hydrogen-bond acceptors (Lipinski definition) is 4. The normalized spacial score (nSPS) is 12.1. The molecule has 0 atom stereocenters. The molecule has 0 spiro atoms. The van der Waals surface area contributed by atoms with Gasteiger partial charge in [0.2, 0.25) is 6.79 Å². The number of benzene rings is 2. The van der Waals surface area contributed by atoms with Gasteiger partial charge in [-0.05, 0) is 35.9 Å². The number of ether oxygens (including phenoxy) is 2. The molecule has 136 valence electrons. The van der Waals surface area contributed by atoms with Gasteiger partial charge in [-0.25, -0.2) is 4.98 Å². The molecule has 5 rings (SSSR count). The van der Waals surface area contributed by atoms with Crippen LogP contribution in [0, 0.1) is 0 Å². The zero-order valence-electron chi connectivity index (χ0n) is 15.1. The summed E-state index contributed by atoms with van der Waals surface area (Å²) < 4.78 is 11.0. The number of fused-ring (bicyclic) bond motifs is 1. The Balaban J connectivity index is 1.66. The molecule has 0 fully saturated rings. The number of rotatable bonds is 4. The van der Waals surface area contributed by atoms with Crippen LogP contribution < -0.4 is 9.47 Å². The van der Waals surface area contributed by atoms with Crippen molar-refractivity contribution in [3.05, 3.63) is 79.0 Å². The predicted octanol–water partition coefficient (Wildman–Crippen LogP) is 5.18. The first-order valence-corrected chi connectivity index (χ1v) is 8.96. The van der Waals surface area contributed by atoms with Crippen molar-refractivity contribution >= 4 is 6.08 Å². The summed E-state index contributed by atoms with van der Waals surface area (Å²) in [5.41, 5.74) is 5.51. The minimum Gasteiger partial charge on any atom is -0.454 e. The fourth-order valence-electron chi connectivity index (χ4n) is 3.24. The quantitative estimate of drug-likeness (QED) is 0.540. The Morgan fingerprint density at radius 3 is 2.54 bits per heavy atom. The number of pyridine rings is 1. The first-order valence-electron chi connectivity index (χ1n) is 8.96. The average Bonchev–Trinajstić information content (AvgIpc) is 3.41. The molecule has 2 aromatic heterocycles. The summed E-state index contributed by atoms with van der Waals surface area (Å²) in [5, 5.41) is 0. The molecular weight excluding hydrogens is 350 g/mol. The van der Waals surface area contributed by atoms with E-state index in [0.717, 1.165) is 51.1 Å². The molecule has 4 aromatic rings. The van der Waals surface area contributed by atoms with Crippen LogP contribution >= 0.6 is 0 Å². The average molecular weight is 367 g/mol. The van der Waals surface area contributed by atoms with Crippen molar-refractivity contribution in [3.8, 4) is 45.5 Å². The molecule has 0 saturated carbocycles. The second-order valence-corrected chi connectivity index (χ2v) is 6.42. The third kappa shape index (κ3) is 2.83. The highest BCUT2D eigenvalue weighted by molar-refractivity contribution is 5.81. The minimum atomic E-state index is 0.243. The Labute approximate surface area is 162 Å². The van der Waals surface area contributed by atoms with Crippen molar-refractivity contribution < 1.29 is 9.47 Å². The molecule has 2 aromatic carbocycles. The van der Waals surface area contributed by atoms with Crippen LogP contribution in [-0.2, 0) is 0 Å². The molecule has 0 radical (unpaired) electrons. The molecule has 5 nitrogen and oxygen atoms in total. The number of nitrogens with one attached hydrogen (secondary N) is 1. The van der Waals surface area contributed by atoms with Gasteiger partial charge in [0.15, 0.2) is 11.5 Å². The summed E-state index contributed by atoms with van der Waals surface area (Å²) >= 11 is 0. The van der Waals surface area contributed by atoms with Crippen molar-refractivity contribution in [2.45, 2.75) is 0 Å². The molecule has 1 N–H and O–H groups in total. The van der Waals surface area contributed by atoms with E-state index < -0.39 is 0 Å². The van der Waals surface area contributed by atoms with Crippen LogP contribution in [0.15, 0.2) is 73.4 Å². The predicted molar refractivity (Wildman–Crippen MR) is 109 cm³/mol. The Bertz CT molecular complexity index is 1150. The van der Waals surface area contributed by atoms with Crippen LogP contribution in [0.4, 0.5) is 0 Å². The lowest BCUT2D eigenvalue weighted by Crippen LogP contribution is -1.92. The van der Waals surface area contributed by atoms with Crippen molar-refractivity contribution in [2.24, 2.45) is 0 Å². The summed E-state index contributed by atoms with van der Waals surface area (Å²) in [5.74, 6) is 2.26. The third-order valence-corrected chi connectivity index (χ3v) is 4.69. The molecule has 28 heavy (non-hydrogen) atoms. The Morgan fingerprint density at radius 2 is 1.75 bits per heavy atom. The highest BCUT2D eigenvalue weighted by Crippen LogP contribution is 2.38. The second-order valence-electron chi connectivity index (χ2n) is 6.42. The van der Waals surface area contributed by atoms with Crippen molar-refractivity contribution in [1.82, 2.24) is 15.0 Å². The monoisotopic (exact) mass is 367 g/mol. The van der Waals surface area contributed by atoms with Crippen LogP contribution in [0.3, 0.4) is 0 Å². The third-order valence-electron chi connectivity index (χ3n) is 4.69. The largest absolute Gasteiger partial charge is 0.454 e. The second kappa shape index (κ2) is 6.70. The van der Waals surface area contributed by atoms with E-state index in [2.05, 4.69) is 16.5 Å². The van der Waals surface area contributed by atoms with Gasteiger partial charge in [-0.3, -0.25) is 4.98 Å². The number of aromatic amines is 1. The van der Waals surface area contributed by atoms with Gasteiger partial charge in [0.05, 0.1) is 17.1 Å². The van der Waals surface area contributed by atoms with Crippen molar-refractivity contribution in [2.75, 3.05) is 6.79 Å². The van der Waals surface area contributed by atoms with E-state index in [1.807, 2.05) is 66.7 Å². The first-order chi connectivity index (χ1) is 13.8. The molecular formula is C23H17N3O2. The molecule has 0 unspecified atom stereocenters. The fraction of sp³-hybridized carbons (Fsp3) is 0.0435. The zero-order chi connectivity index (χ0) is 18.9. The molecule has 3 heterocycles. The minimum absolute atomic E-state index is 0.243. The van der Waals surface area contributed by atoms with Crippen LogP contribution in [0.2, 0.25) is 0 Å². The maximum Gasteiger partial charge on any atom is 0.231 e. The summed E-state index contributed by atoms with van der Waals surface area (Å²) in [6.45, 7) is 4.05. The maximum atomic E-state index is 5.54. The van der Waals surface area contributed by atoms with E-state index in [0.29, 0.717) is 0 Å². The Hall–Kier alpha value is -3.86. The zero-order valence-corrected chi connectivity index (χ0v) is 15.1. The van der Waals surface area contributed by atoms with Gasteiger partial charge >= 0.3 is 0 Å². The molecule has 0 amide bonds. The SMILES string of the molecule is C=Cc1ccc(-c2nc(-c3ccc4c(c3)OCO4)c(-c3ccccn3)[nH]2)cc1. The van der Waals surface area contributed by atoms with E-state index in [-0.39, 0.29) is 6.79 Å². The van der Waals surface area contributed by atoms with Gasteiger partial charge in [-0.15, -0.1) is 0 Å². The summed E-state index contributed by atoms with van der Waals surface area (Å²) in [6, 6.07) is 19.8. The van der Waals surface area contributed by atoms with Crippen LogP contribution in [0.25, 0.3) is 40.1 Å². The summed E-state index contributed by atoms with van der Waals surface area (Å²) in [4.78, 5) is 12.8. The number of aromatic nitrogens is 3. The number of hydrogen-bond donors (Lipinski definition) is 1. The van der Waals surface area contributed by atoms with Crippen LogP contribution in [0.1, 0.15) is 5.56 Å². The lowest BCUT2D eigenvalue weighted by atomic mass is 10.1. The number of imidazole rings is 1. The van der Waals surface area contributed by atoms with Crippen molar-refractivity contribution in [1.29, 1.82) is 0 Å². The van der Waals surface area contributed by atoms with Gasteiger partial charge in [-0.1, -0.05) is 43.0 Å². The maximum absolute atomic E-state index is 5.54. The molecule has 1 aliphatic rings. The number of H-pyrrole nitrogens is 1. The summed E-state index contributed by atoms with van der Waals surface area (Å²) in [6.07, 6.45) is 3.60. The van der Waals surface area contributed by atoms with Gasteiger partial charge in [0.1, 0.15) is 5.82 Å². The van der Waals surface area contributed by atoms with Gasteiger partial charge in [-0.2, -0.15) is 0 Å². The topological polar surface area (TPSA) is 60.0 Å². The smallest absolute Gasteiger partial charge is 0.231 e. The van der Waals surface area contributed by atoms with E-state index in [4.69, 9.17) is 14.5 Å². The first kappa shape index (κ1) is 16.3. The highest BCUT2D eigenvalue weighted by atomic mass is 16.7. The van der Waals surface area contributed by atoms with E-state index >= 15 is 0 Å². The number of nitrogens with zero attached hydrogens (tertiary/aromatic N) is 2.